The van der Waals surface area contributed by atoms with Gasteiger partial charge in [-0.05, 0) is 56.4 Å². The van der Waals surface area contributed by atoms with E-state index < -0.39 is 18.3 Å². The van der Waals surface area contributed by atoms with Crippen molar-refractivity contribution in [1.29, 1.82) is 5.26 Å². The first-order valence-electron chi connectivity index (χ1n) is 8.51. The molecule has 0 bridgehead atoms. The molecule has 0 spiro atoms. The largest absolute Gasteiger partial charge is 0.494 e. The van der Waals surface area contributed by atoms with Crippen molar-refractivity contribution in [3.8, 4) is 17.2 Å². The van der Waals surface area contributed by atoms with Gasteiger partial charge in [-0.2, -0.15) is 5.26 Å². The maximum atomic E-state index is 9.14. The molecule has 0 amide bonds. The van der Waals surface area contributed by atoms with Gasteiger partial charge in [0.15, 0.2) is 11.4 Å². The number of hydrogen-bond donors (Lipinski definition) is 0. The second-order valence-corrected chi connectivity index (χ2v) is 7.44. The van der Waals surface area contributed by atoms with Crippen LogP contribution in [0.25, 0.3) is 20.8 Å². The molecule has 1 aliphatic heterocycles. The molecule has 1 heterocycles. The fourth-order valence-corrected chi connectivity index (χ4v) is 2.97. The van der Waals surface area contributed by atoms with E-state index in [1.54, 1.807) is 0 Å². The number of hydrogen-bond acceptors (Lipinski definition) is 3. The SMILES string of the molecule is [C-]#[N+]c1cc(C#N)cc([N+]#[C-])c1-c1cccc(B2OC(C)(C)C(C)(C)O2)c1. The van der Waals surface area contributed by atoms with Gasteiger partial charge >= 0.3 is 7.12 Å². The van der Waals surface area contributed by atoms with Crippen LogP contribution in [0, 0.1) is 24.5 Å². The topological polar surface area (TPSA) is 51.0 Å². The van der Waals surface area contributed by atoms with Crippen molar-refractivity contribution in [2.24, 2.45) is 0 Å². The van der Waals surface area contributed by atoms with Crippen LogP contribution in [0.4, 0.5) is 11.4 Å². The van der Waals surface area contributed by atoms with E-state index in [0.29, 0.717) is 11.1 Å². The molecule has 0 aliphatic carbocycles. The molecule has 0 saturated carbocycles. The highest BCUT2D eigenvalue weighted by Gasteiger charge is 2.51. The van der Waals surface area contributed by atoms with E-state index >= 15 is 0 Å². The Balaban J connectivity index is 2.10. The molecule has 5 nitrogen and oxygen atoms in total. The third-order valence-corrected chi connectivity index (χ3v) is 5.17. The normalized spacial score (nSPS) is 17.0. The average molecular weight is 355 g/mol. The van der Waals surface area contributed by atoms with Crippen LogP contribution in [0.5, 0.6) is 0 Å². The standard InChI is InChI=1S/C21H18BN3O2/c1-20(2)21(3,4)27-22(26-20)16-9-7-8-15(12-16)19-17(24-5)10-14(13-23)11-18(19)25-6/h7-12H,1-4H3. The number of rotatable bonds is 2. The van der Waals surface area contributed by atoms with E-state index in [-0.39, 0.29) is 11.4 Å². The number of nitrogens with zero attached hydrogens (tertiary/aromatic N) is 3. The molecule has 0 atom stereocenters. The molecule has 27 heavy (non-hydrogen) atoms. The summed E-state index contributed by atoms with van der Waals surface area (Å²) in [5, 5.41) is 9.14. The summed E-state index contributed by atoms with van der Waals surface area (Å²) in [6, 6.07) is 12.5. The Morgan fingerprint density at radius 2 is 1.52 bits per heavy atom. The number of benzene rings is 2. The zero-order valence-electron chi connectivity index (χ0n) is 15.7. The van der Waals surface area contributed by atoms with E-state index in [0.717, 1.165) is 11.0 Å². The smallest absolute Gasteiger partial charge is 0.399 e. The van der Waals surface area contributed by atoms with E-state index in [1.165, 1.54) is 12.1 Å². The van der Waals surface area contributed by atoms with Crippen molar-refractivity contribution < 1.29 is 9.31 Å². The van der Waals surface area contributed by atoms with Crippen molar-refractivity contribution in [1.82, 2.24) is 0 Å². The highest BCUT2D eigenvalue weighted by molar-refractivity contribution is 6.62. The van der Waals surface area contributed by atoms with Crippen LogP contribution in [0.1, 0.15) is 33.3 Å². The van der Waals surface area contributed by atoms with Crippen LogP contribution in [-0.4, -0.2) is 18.3 Å². The third-order valence-electron chi connectivity index (χ3n) is 5.17. The average Bonchev–Trinajstić information content (AvgIpc) is 2.88. The minimum Gasteiger partial charge on any atom is -0.399 e. The molecule has 1 aliphatic rings. The molecule has 0 unspecified atom stereocenters. The van der Waals surface area contributed by atoms with Gasteiger partial charge in [0.25, 0.3) is 0 Å². The second-order valence-electron chi connectivity index (χ2n) is 7.44. The fourth-order valence-electron chi connectivity index (χ4n) is 2.97. The minimum absolute atomic E-state index is 0.283. The van der Waals surface area contributed by atoms with Crippen LogP contribution < -0.4 is 5.46 Å². The summed E-state index contributed by atoms with van der Waals surface area (Å²) in [4.78, 5) is 7.06. The van der Waals surface area contributed by atoms with Gasteiger partial charge < -0.3 is 9.31 Å². The molecular formula is C21H18BN3O2. The molecule has 0 radical (unpaired) electrons. The lowest BCUT2D eigenvalue weighted by atomic mass is 9.77. The minimum atomic E-state index is -0.527. The van der Waals surface area contributed by atoms with E-state index in [9.17, 15) is 0 Å². The fraction of sp³-hybridized carbons (Fsp3) is 0.286. The second kappa shape index (κ2) is 6.56. The summed E-state index contributed by atoms with van der Waals surface area (Å²) in [5.41, 5.74) is 2.04. The summed E-state index contributed by atoms with van der Waals surface area (Å²) in [6.45, 7) is 22.9. The van der Waals surface area contributed by atoms with Gasteiger partial charge in [-0.1, -0.05) is 24.3 Å². The van der Waals surface area contributed by atoms with Gasteiger partial charge in [0.2, 0.25) is 0 Å². The first-order chi connectivity index (χ1) is 12.7. The van der Waals surface area contributed by atoms with Crippen molar-refractivity contribution in [3.05, 3.63) is 64.8 Å². The first kappa shape index (κ1) is 18.7. The van der Waals surface area contributed by atoms with Crippen molar-refractivity contribution >= 4 is 24.0 Å². The van der Waals surface area contributed by atoms with Crippen LogP contribution in [0.3, 0.4) is 0 Å². The van der Waals surface area contributed by atoms with Crippen LogP contribution in [-0.2, 0) is 9.31 Å². The van der Waals surface area contributed by atoms with Gasteiger partial charge in [-0.15, -0.1) is 0 Å². The molecule has 2 aromatic carbocycles. The maximum absolute atomic E-state index is 9.14. The molecule has 1 fully saturated rings. The summed E-state index contributed by atoms with van der Waals surface area (Å²) < 4.78 is 12.2. The Labute approximate surface area is 159 Å². The predicted octanol–water partition coefficient (Wildman–Crippen LogP) is 4.63. The molecule has 0 N–H and O–H groups in total. The van der Waals surface area contributed by atoms with E-state index in [1.807, 2.05) is 58.0 Å². The van der Waals surface area contributed by atoms with Crippen molar-refractivity contribution in [2.75, 3.05) is 0 Å². The Kier molecular flexibility index (Phi) is 4.54. The highest BCUT2D eigenvalue weighted by Crippen LogP contribution is 2.40. The Morgan fingerprint density at radius 3 is 2.00 bits per heavy atom. The lowest BCUT2D eigenvalue weighted by Crippen LogP contribution is -2.41. The van der Waals surface area contributed by atoms with Crippen LogP contribution >= 0.6 is 0 Å². The van der Waals surface area contributed by atoms with Crippen molar-refractivity contribution in [2.45, 2.75) is 38.9 Å². The maximum Gasteiger partial charge on any atom is 0.494 e. The Morgan fingerprint density at radius 1 is 0.963 bits per heavy atom. The molecule has 3 rings (SSSR count). The summed E-state index contributed by atoms with van der Waals surface area (Å²) in [5.74, 6) is 0. The van der Waals surface area contributed by atoms with Gasteiger partial charge in [-0.3, -0.25) is 0 Å². The number of nitriles is 1. The summed E-state index contributed by atoms with van der Waals surface area (Å²) in [7, 11) is -0.527. The van der Waals surface area contributed by atoms with E-state index in [4.69, 9.17) is 27.7 Å². The van der Waals surface area contributed by atoms with Crippen LogP contribution in [0.2, 0.25) is 0 Å². The van der Waals surface area contributed by atoms with Crippen molar-refractivity contribution in [3.63, 3.8) is 0 Å². The molecule has 132 valence electrons. The summed E-state index contributed by atoms with van der Waals surface area (Å²) in [6.07, 6.45) is 0. The monoisotopic (exact) mass is 355 g/mol. The Hall–Kier alpha value is -3.11. The van der Waals surface area contributed by atoms with Gasteiger partial charge in [-0.25, -0.2) is 9.69 Å². The van der Waals surface area contributed by atoms with Gasteiger partial charge in [0.05, 0.1) is 30.4 Å². The molecular weight excluding hydrogens is 337 g/mol. The molecule has 0 aromatic heterocycles. The van der Waals surface area contributed by atoms with Gasteiger partial charge in [0, 0.05) is 5.56 Å². The third kappa shape index (κ3) is 3.20. The predicted molar refractivity (Wildman–Crippen MR) is 105 cm³/mol. The quantitative estimate of drug-likeness (QED) is 0.583. The molecule has 6 heteroatoms. The van der Waals surface area contributed by atoms with E-state index in [2.05, 4.69) is 9.69 Å². The van der Waals surface area contributed by atoms with Crippen LogP contribution in [0.15, 0.2) is 36.4 Å². The highest BCUT2D eigenvalue weighted by atomic mass is 16.7. The zero-order chi connectivity index (χ0) is 19.8. The lowest BCUT2D eigenvalue weighted by Gasteiger charge is -2.32. The first-order valence-corrected chi connectivity index (χ1v) is 8.51. The van der Waals surface area contributed by atoms with Gasteiger partial charge in [0.1, 0.15) is 0 Å². The Bertz CT molecular complexity index is 988. The molecule has 2 aromatic rings. The zero-order valence-corrected chi connectivity index (χ0v) is 15.7. The summed E-state index contributed by atoms with van der Waals surface area (Å²) >= 11 is 0. The lowest BCUT2D eigenvalue weighted by molar-refractivity contribution is 0.00578. The molecule has 1 saturated heterocycles.